The lowest BCUT2D eigenvalue weighted by Gasteiger charge is -2.36. The molecule has 0 N–H and O–H groups in total. The lowest BCUT2D eigenvalue weighted by atomic mass is 9.84. The summed E-state index contributed by atoms with van der Waals surface area (Å²) in [5.74, 6) is 1.31. The zero-order valence-electron chi connectivity index (χ0n) is 11.6. The van der Waals surface area contributed by atoms with Gasteiger partial charge >= 0.3 is 0 Å². The van der Waals surface area contributed by atoms with Crippen LogP contribution in [0.5, 0.6) is 0 Å². The second-order valence-corrected chi connectivity index (χ2v) is 5.33. The van der Waals surface area contributed by atoms with Crippen LogP contribution in [0, 0.1) is 0 Å². The molecule has 4 nitrogen and oxygen atoms in total. The zero-order valence-corrected chi connectivity index (χ0v) is 11.6. The Morgan fingerprint density at radius 1 is 1.28 bits per heavy atom. The van der Waals surface area contributed by atoms with Crippen LogP contribution in [0.2, 0.25) is 0 Å². The Labute approximate surface area is 110 Å². The third kappa shape index (κ3) is 3.31. The molecule has 102 valence electrons. The fourth-order valence-corrected chi connectivity index (χ4v) is 3.13. The number of aromatic nitrogens is 2. The van der Waals surface area contributed by atoms with Crippen LogP contribution in [-0.4, -0.2) is 34.2 Å². The van der Waals surface area contributed by atoms with Gasteiger partial charge in [0, 0.05) is 12.0 Å². The Bertz CT molecular complexity index is 320. The van der Waals surface area contributed by atoms with E-state index in [-0.39, 0.29) is 0 Å². The largest absolute Gasteiger partial charge is 0.428 e. The van der Waals surface area contributed by atoms with Crippen molar-refractivity contribution in [1.29, 1.82) is 0 Å². The van der Waals surface area contributed by atoms with E-state index < -0.39 is 0 Å². The predicted octanol–water partition coefficient (Wildman–Crippen LogP) is 3.22. The fourth-order valence-electron chi connectivity index (χ4n) is 3.13. The minimum Gasteiger partial charge on any atom is -0.428 e. The molecular weight excluding hydrogens is 226 g/mol. The molecule has 4 heteroatoms. The van der Waals surface area contributed by atoms with E-state index in [1.807, 2.05) is 0 Å². The summed E-state index contributed by atoms with van der Waals surface area (Å²) in [6.45, 7) is 6.96. The van der Waals surface area contributed by atoms with Crippen molar-refractivity contribution in [3.8, 4) is 0 Å². The van der Waals surface area contributed by atoms with E-state index in [1.54, 1.807) is 0 Å². The molecule has 1 aliphatic rings. The monoisotopic (exact) mass is 251 g/mol. The molecule has 2 unspecified atom stereocenters. The van der Waals surface area contributed by atoms with Crippen LogP contribution in [0.4, 0.5) is 0 Å². The molecule has 2 atom stereocenters. The first kappa shape index (κ1) is 13.5. The highest BCUT2D eigenvalue weighted by Crippen LogP contribution is 2.34. The normalized spacial score (nSPS) is 24.6. The Kier molecular flexibility index (Phi) is 5.17. The zero-order chi connectivity index (χ0) is 12.8. The average molecular weight is 251 g/mol. The molecule has 0 bridgehead atoms. The average Bonchev–Trinajstić information content (AvgIpc) is 2.93. The fraction of sp³-hybridized carbons (Fsp3) is 0.857. The molecule has 0 radical (unpaired) electrons. The standard InChI is InChI=1S/C14H25N3O/c1-3-8-17(9-4-2)13-7-5-6-12(10-13)14-16-15-11-18-14/h11-13H,3-10H2,1-2H3. The number of hydrogen-bond acceptors (Lipinski definition) is 4. The summed E-state index contributed by atoms with van der Waals surface area (Å²) in [6.07, 6.45) is 8.91. The Balaban J connectivity index is 1.96. The van der Waals surface area contributed by atoms with Gasteiger partial charge in [0.15, 0.2) is 0 Å². The smallest absolute Gasteiger partial charge is 0.219 e. The maximum atomic E-state index is 5.38. The van der Waals surface area contributed by atoms with Gasteiger partial charge in [-0.15, -0.1) is 10.2 Å². The van der Waals surface area contributed by atoms with Gasteiger partial charge in [0.2, 0.25) is 12.3 Å². The molecule has 1 heterocycles. The molecule has 1 aliphatic carbocycles. The van der Waals surface area contributed by atoms with E-state index in [9.17, 15) is 0 Å². The molecule has 1 saturated carbocycles. The van der Waals surface area contributed by atoms with Crippen molar-refractivity contribution >= 4 is 0 Å². The van der Waals surface area contributed by atoms with Crippen LogP contribution in [0.25, 0.3) is 0 Å². The number of rotatable bonds is 6. The minimum absolute atomic E-state index is 0.475. The van der Waals surface area contributed by atoms with Crippen molar-refractivity contribution in [2.45, 2.75) is 64.3 Å². The summed E-state index contributed by atoms with van der Waals surface area (Å²) in [7, 11) is 0. The lowest BCUT2D eigenvalue weighted by Crippen LogP contribution is -2.39. The predicted molar refractivity (Wildman–Crippen MR) is 71.5 cm³/mol. The molecule has 2 rings (SSSR count). The molecule has 1 aromatic heterocycles. The van der Waals surface area contributed by atoms with Crippen molar-refractivity contribution in [3.63, 3.8) is 0 Å². The Morgan fingerprint density at radius 3 is 2.67 bits per heavy atom. The highest BCUT2D eigenvalue weighted by atomic mass is 16.4. The lowest BCUT2D eigenvalue weighted by molar-refractivity contribution is 0.140. The number of nitrogens with zero attached hydrogens (tertiary/aromatic N) is 3. The van der Waals surface area contributed by atoms with Gasteiger partial charge in [0.1, 0.15) is 0 Å². The third-order valence-corrected chi connectivity index (χ3v) is 3.91. The SMILES string of the molecule is CCCN(CCC)C1CCCC(c2nnco2)C1. The summed E-state index contributed by atoms with van der Waals surface area (Å²) in [4.78, 5) is 2.66. The maximum absolute atomic E-state index is 5.38. The molecule has 0 spiro atoms. The molecular formula is C14H25N3O. The first-order valence-electron chi connectivity index (χ1n) is 7.35. The summed E-state index contributed by atoms with van der Waals surface area (Å²) in [5, 5.41) is 7.90. The van der Waals surface area contributed by atoms with E-state index in [0.29, 0.717) is 12.0 Å². The first-order chi connectivity index (χ1) is 8.85. The van der Waals surface area contributed by atoms with Crippen molar-refractivity contribution in [2.24, 2.45) is 0 Å². The van der Waals surface area contributed by atoms with Gasteiger partial charge in [-0.05, 0) is 45.2 Å². The molecule has 1 aromatic rings. The quantitative estimate of drug-likeness (QED) is 0.778. The molecule has 1 fully saturated rings. The van der Waals surface area contributed by atoms with E-state index in [0.717, 1.165) is 5.89 Å². The van der Waals surface area contributed by atoms with Gasteiger partial charge in [0.05, 0.1) is 0 Å². The van der Waals surface area contributed by atoms with Crippen LogP contribution in [0.15, 0.2) is 10.8 Å². The molecule has 0 saturated heterocycles. The van der Waals surface area contributed by atoms with E-state index in [2.05, 4.69) is 28.9 Å². The van der Waals surface area contributed by atoms with Crippen molar-refractivity contribution in [1.82, 2.24) is 15.1 Å². The Hall–Kier alpha value is -0.900. The van der Waals surface area contributed by atoms with Gasteiger partial charge in [0.25, 0.3) is 0 Å². The highest BCUT2D eigenvalue weighted by molar-refractivity contribution is 4.94. The Morgan fingerprint density at radius 2 is 2.06 bits per heavy atom. The second kappa shape index (κ2) is 6.88. The van der Waals surface area contributed by atoms with Gasteiger partial charge < -0.3 is 9.32 Å². The summed E-state index contributed by atoms with van der Waals surface area (Å²) >= 11 is 0. The van der Waals surface area contributed by atoms with E-state index in [1.165, 1.54) is 58.0 Å². The topological polar surface area (TPSA) is 42.2 Å². The molecule has 0 aromatic carbocycles. The van der Waals surface area contributed by atoms with Crippen LogP contribution < -0.4 is 0 Å². The second-order valence-electron chi connectivity index (χ2n) is 5.33. The van der Waals surface area contributed by atoms with Crippen LogP contribution in [0.1, 0.15) is 64.2 Å². The van der Waals surface area contributed by atoms with Crippen LogP contribution >= 0.6 is 0 Å². The molecule has 0 aliphatic heterocycles. The summed E-state index contributed by atoms with van der Waals surface area (Å²) < 4.78 is 5.38. The van der Waals surface area contributed by atoms with Crippen LogP contribution in [0.3, 0.4) is 0 Å². The summed E-state index contributed by atoms with van der Waals surface area (Å²) in [5.41, 5.74) is 0. The number of hydrogen-bond donors (Lipinski definition) is 0. The van der Waals surface area contributed by atoms with Crippen LogP contribution in [-0.2, 0) is 0 Å². The van der Waals surface area contributed by atoms with E-state index >= 15 is 0 Å². The first-order valence-corrected chi connectivity index (χ1v) is 7.35. The van der Waals surface area contributed by atoms with Gasteiger partial charge in [-0.1, -0.05) is 20.3 Å². The van der Waals surface area contributed by atoms with Gasteiger partial charge in [-0.25, -0.2) is 0 Å². The summed E-state index contributed by atoms with van der Waals surface area (Å²) in [6, 6.07) is 0.704. The van der Waals surface area contributed by atoms with Gasteiger partial charge in [-0.3, -0.25) is 0 Å². The third-order valence-electron chi connectivity index (χ3n) is 3.91. The highest BCUT2D eigenvalue weighted by Gasteiger charge is 2.29. The maximum Gasteiger partial charge on any atom is 0.219 e. The minimum atomic E-state index is 0.475. The van der Waals surface area contributed by atoms with Crippen molar-refractivity contribution in [2.75, 3.05) is 13.1 Å². The molecule has 18 heavy (non-hydrogen) atoms. The van der Waals surface area contributed by atoms with Crippen molar-refractivity contribution in [3.05, 3.63) is 12.3 Å². The van der Waals surface area contributed by atoms with E-state index in [4.69, 9.17) is 4.42 Å². The molecule has 0 amide bonds. The van der Waals surface area contributed by atoms with Gasteiger partial charge in [-0.2, -0.15) is 0 Å². The van der Waals surface area contributed by atoms with Crippen molar-refractivity contribution < 1.29 is 4.42 Å².